The molecule has 2 N–H and O–H groups in total. The van der Waals surface area contributed by atoms with Gasteiger partial charge in [0, 0.05) is 47.4 Å². The Labute approximate surface area is 117 Å². The van der Waals surface area contributed by atoms with E-state index in [9.17, 15) is 4.21 Å². The molecule has 0 radical (unpaired) electrons. The summed E-state index contributed by atoms with van der Waals surface area (Å²) in [6, 6.07) is 1.92. The van der Waals surface area contributed by atoms with Crippen LogP contribution in [0.25, 0.3) is 0 Å². The fraction of sp³-hybridized carbons (Fsp3) is 0.692. The lowest BCUT2D eigenvalue weighted by Gasteiger charge is -2.13. The third-order valence-electron chi connectivity index (χ3n) is 3.18. The average Bonchev–Trinajstić information content (AvgIpc) is 3.20. The normalized spacial score (nSPS) is 17.8. The minimum atomic E-state index is -0.816. The van der Waals surface area contributed by atoms with Crippen molar-refractivity contribution < 1.29 is 4.21 Å². The number of hydrogen-bond donors (Lipinski definition) is 2. The van der Waals surface area contributed by atoms with Crippen LogP contribution in [0.4, 0.5) is 11.6 Å². The monoisotopic (exact) mass is 282 g/mol. The van der Waals surface area contributed by atoms with Crippen molar-refractivity contribution in [1.29, 1.82) is 0 Å². The summed E-state index contributed by atoms with van der Waals surface area (Å²) in [5.74, 6) is 3.14. The Balaban J connectivity index is 2.07. The van der Waals surface area contributed by atoms with Crippen molar-refractivity contribution in [2.24, 2.45) is 0 Å². The van der Waals surface area contributed by atoms with Crippen LogP contribution in [0, 0.1) is 0 Å². The van der Waals surface area contributed by atoms with Gasteiger partial charge in [0.15, 0.2) is 0 Å². The summed E-state index contributed by atoms with van der Waals surface area (Å²) < 4.78 is 11.3. The van der Waals surface area contributed by atoms with Crippen LogP contribution >= 0.6 is 0 Å². The molecule has 1 aliphatic rings. The van der Waals surface area contributed by atoms with Gasteiger partial charge in [-0.15, -0.1) is 0 Å². The van der Waals surface area contributed by atoms with E-state index in [0.717, 1.165) is 24.0 Å². The standard InChI is InChI=1S/C13H22N4OS/c1-4-14-11-7-12(15-8-9(2)19(3)18)17-13(16-11)10-5-6-10/h7,9-10H,4-6,8H2,1-3H3,(H2,14,15,16,17). The van der Waals surface area contributed by atoms with Gasteiger partial charge >= 0.3 is 0 Å². The smallest absolute Gasteiger partial charge is 0.136 e. The molecule has 5 nitrogen and oxygen atoms in total. The highest BCUT2D eigenvalue weighted by Gasteiger charge is 2.27. The first-order chi connectivity index (χ1) is 9.10. The highest BCUT2D eigenvalue weighted by atomic mass is 32.2. The van der Waals surface area contributed by atoms with Crippen LogP contribution in [0.5, 0.6) is 0 Å². The molecule has 1 aromatic heterocycles. The molecular formula is C13H22N4OS. The molecule has 0 spiro atoms. The predicted octanol–water partition coefficient (Wildman–Crippen LogP) is 1.96. The molecule has 1 saturated carbocycles. The van der Waals surface area contributed by atoms with Gasteiger partial charge in [-0.1, -0.05) is 0 Å². The van der Waals surface area contributed by atoms with E-state index in [4.69, 9.17) is 0 Å². The molecule has 1 aromatic rings. The number of aromatic nitrogens is 2. The zero-order valence-corrected chi connectivity index (χ0v) is 12.6. The Kier molecular flexibility index (Phi) is 4.74. The maximum atomic E-state index is 11.3. The molecule has 0 aliphatic heterocycles. The number of rotatable bonds is 7. The zero-order valence-electron chi connectivity index (χ0n) is 11.8. The van der Waals surface area contributed by atoms with E-state index in [2.05, 4.69) is 20.6 Å². The van der Waals surface area contributed by atoms with Crippen LogP contribution in [0.3, 0.4) is 0 Å². The van der Waals surface area contributed by atoms with Gasteiger partial charge in [-0.2, -0.15) is 0 Å². The van der Waals surface area contributed by atoms with Gasteiger partial charge in [0.1, 0.15) is 17.5 Å². The van der Waals surface area contributed by atoms with Crippen LogP contribution in [-0.2, 0) is 10.8 Å². The number of hydrogen-bond acceptors (Lipinski definition) is 5. The lowest BCUT2D eigenvalue weighted by Crippen LogP contribution is -2.21. The summed E-state index contributed by atoms with van der Waals surface area (Å²) in [6.45, 7) is 5.53. The second kappa shape index (κ2) is 6.32. The van der Waals surface area contributed by atoms with Crippen molar-refractivity contribution in [1.82, 2.24) is 9.97 Å². The van der Waals surface area contributed by atoms with E-state index in [1.165, 1.54) is 12.8 Å². The maximum Gasteiger partial charge on any atom is 0.136 e. The second-order valence-corrected chi connectivity index (χ2v) is 6.79. The van der Waals surface area contributed by atoms with Crippen LogP contribution in [0.2, 0.25) is 0 Å². The maximum absolute atomic E-state index is 11.3. The molecule has 2 rings (SSSR count). The fourth-order valence-electron chi connectivity index (χ4n) is 1.72. The molecule has 0 aromatic carbocycles. The largest absolute Gasteiger partial charge is 0.370 e. The van der Waals surface area contributed by atoms with E-state index < -0.39 is 10.8 Å². The summed E-state index contributed by atoms with van der Waals surface area (Å²) in [4.78, 5) is 9.07. The topological polar surface area (TPSA) is 66.9 Å². The van der Waals surface area contributed by atoms with E-state index in [0.29, 0.717) is 12.5 Å². The van der Waals surface area contributed by atoms with Crippen molar-refractivity contribution in [2.45, 2.75) is 37.9 Å². The Bertz CT molecular complexity index is 462. The SMILES string of the molecule is CCNc1cc(NCC(C)S(C)=O)nc(C2CC2)n1. The van der Waals surface area contributed by atoms with Crippen LogP contribution < -0.4 is 10.6 Å². The highest BCUT2D eigenvalue weighted by Crippen LogP contribution is 2.38. The van der Waals surface area contributed by atoms with Gasteiger partial charge in [-0.05, 0) is 26.7 Å². The van der Waals surface area contributed by atoms with Crippen LogP contribution in [0.1, 0.15) is 38.4 Å². The number of nitrogens with one attached hydrogen (secondary N) is 2. The van der Waals surface area contributed by atoms with Crippen molar-refractivity contribution in [3.63, 3.8) is 0 Å². The molecule has 1 fully saturated rings. The van der Waals surface area contributed by atoms with Crippen LogP contribution in [0.15, 0.2) is 6.07 Å². The fourth-order valence-corrected chi connectivity index (χ4v) is 2.04. The molecule has 2 atom stereocenters. The lowest BCUT2D eigenvalue weighted by molar-refractivity contribution is 0.678. The minimum absolute atomic E-state index is 0.113. The van der Waals surface area contributed by atoms with E-state index >= 15 is 0 Å². The second-order valence-electron chi connectivity index (χ2n) is 4.99. The summed E-state index contributed by atoms with van der Waals surface area (Å²) in [5.41, 5.74) is 0. The molecular weight excluding hydrogens is 260 g/mol. The van der Waals surface area contributed by atoms with Crippen molar-refractivity contribution >= 4 is 22.4 Å². The third-order valence-corrected chi connectivity index (χ3v) is 4.48. The molecule has 0 amide bonds. The highest BCUT2D eigenvalue weighted by molar-refractivity contribution is 7.84. The first-order valence-electron chi connectivity index (χ1n) is 6.79. The molecule has 1 heterocycles. The van der Waals surface area contributed by atoms with Gasteiger partial charge in [0.25, 0.3) is 0 Å². The minimum Gasteiger partial charge on any atom is -0.370 e. The lowest BCUT2D eigenvalue weighted by atomic mass is 10.3. The molecule has 6 heteroatoms. The van der Waals surface area contributed by atoms with E-state index in [1.54, 1.807) is 6.26 Å². The van der Waals surface area contributed by atoms with Gasteiger partial charge in [-0.25, -0.2) is 9.97 Å². The van der Waals surface area contributed by atoms with Crippen LogP contribution in [-0.4, -0.2) is 38.8 Å². The summed E-state index contributed by atoms with van der Waals surface area (Å²) >= 11 is 0. The zero-order chi connectivity index (χ0) is 13.8. The summed E-state index contributed by atoms with van der Waals surface area (Å²) in [5, 5.41) is 6.61. The molecule has 19 heavy (non-hydrogen) atoms. The summed E-state index contributed by atoms with van der Waals surface area (Å²) in [6.07, 6.45) is 4.10. The van der Waals surface area contributed by atoms with E-state index in [-0.39, 0.29) is 5.25 Å². The quantitative estimate of drug-likeness (QED) is 0.800. The molecule has 0 saturated heterocycles. The van der Waals surface area contributed by atoms with Gasteiger partial charge < -0.3 is 10.6 Å². The third kappa shape index (κ3) is 4.16. The predicted molar refractivity (Wildman–Crippen MR) is 80.2 cm³/mol. The van der Waals surface area contributed by atoms with E-state index in [1.807, 2.05) is 19.9 Å². The van der Waals surface area contributed by atoms with Gasteiger partial charge in [-0.3, -0.25) is 4.21 Å². The van der Waals surface area contributed by atoms with Crippen molar-refractivity contribution in [3.8, 4) is 0 Å². The Morgan fingerprint density at radius 3 is 2.53 bits per heavy atom. The Morgan fingerprint density at radius 2 is 2.00 bits per heavy atom. The van der Waals surface area contributed by atoms with Crippen molar-refractivity contribution in [3.05, 3.63) is 11.9 Å². The average molecular weight is 282 g/mol. The molecule has 2 unspecified atom stereocenters. The first-order valence-corrected chi connectivity index (χ1v) is 8.41. The number of anilines is 2. The summed E-state index contributed by atoms with van der Waals surface area (Å²) in [7, 11) is -0.816. The van der Waals surface area contributed by atoms with Gasteiger partial charge in [0.2, 0.25) is 0 Å². The molecule has 0 bridgehead atoms. The molecule has 1 aliphatic carbocycles. The van der Waals surface area contributed by atoms with Crippen molar-refractivity contribution in [2.75, 3.05) is 30.0 Å². The Morgan fingerprint density at radius 1 is 1.37 bits per heavy atom. The number of nitrogens with zero attached hydrogens (tertiary/aromatic N) is 2. The Hall–Kier alpha value is -1.17. The van der Waals surface area contributed by atoms with Gasteiger partial charge in [0.05, 0.1) is 0 Å². The molecule has 106 valence electrons. The first kappa shape index (κ1) is 14.2.